The standard InChI is InChI=1S/C27H27ClF3N3O2/c1-35-22-11-16(2-5-21(22)36-13-20-4-3-19(12-32-20)27(29,30)31)24-25(28)34-26(33-24)23-17-7-14-6-15(9-17)10-18(23)8-14/h2-5,11-12,14-15,17-18,23H,6-10,13H2,1H3,(H,33,34). The number of hydrogen-bond donors (Lipinski definition) is 1. The zero-order chi connectivity index (χ0) is 25.0. The van der Waals surface area contributed by atoms with Crippen LogP contribution >= 0.6 is 11.6 Å². The van der Waals surface area contributed by atoms with Crippen LogP contribution in [0.25, 0.3) is 11.3 Å². The number of imidazole rings is 1. The average Bonchev–Trinajstić information content (AvgIpc) is 3.22. The monoisotopic (exact) mass is 517 g/mol. The van der Waals surface area contributed by atoms with E-state index in [1.165, 1.54) is 45.3 Å². The van der Waals surface area contributed by atoms with Crippen molar-refractivity contribution in [2.75, 3.05) is 7.11 Å². The largest absolute Gasteiger partial charge is 0.493 e. The molecule has 4 aliphatic rings. The minimum absolute atomic E-state index is 0.00918. The van der Waals surface area contributed by atoms with E-state index in [1.54, 1.807) is 6.07 Å². The maximum atomic E-state index is 12.8. The topological polar surface area (TPSA) is 60.0 Å². The average molecular weight is 518 g/mol. The number of hydrogen-bond acceptors (Lipinski definition) is 4. The molecule has 3 aromatic rings. The van der Waals surface area contributed by atoms with Gasteiger partial charge in [0.05, 0.1) is 24.1 Å². The van der Waals surface area contributed by atoms with Crippen LogP contribution < -0.4 is 9.47 Å². The van der Waals surface area contributed by atoms with Crippen molar-refractivity contribution >= 4 is 11.6 Å². The number of H-pyrrole nitrogens is 1. The summed E-state index contributed by atoms with van der Waals surface area (Å²) >= 11 is 6.61. The SMILES string of the molecule is COc1cc(-c2[nH]c(C3C4CC5CC(C4)CC3C5)nc2Cl)ccc1OCc1ccc(C(F)(F)F)cn1. The van der Waals surface area contributed by atoms with Gasteiger partial charge in [-0.25, -0.2) is 4.98 Å². The molecule has 5 nitrogen and oxygen atoms in total. The molecule has 36 heavy (non-hydrogen) atoms. The van der Waals surface area contributed by atoms with Crippen LogP contribution in [0.4, 0.5) is 13.2 Å². The van der Waals surface area contributed by atoms with Gasteiger partial charge in [0.1, 0.15) is 12.4 Å². The Kier molecular flexibility index (Phi) is 5.90. The lowest BCUT2D eigenvalue weighted by Gasteiger charge is -2.53. The van der Waals surface area contributed by atoms with Gasteiger partial charge >= 0.3 is 6.18 Å². The highest BCUT2D eigenvalue weighted by Crippen LogP contribution is 2.59. The number of aromatic amines is 1. The van der Waals surface area contributed by atoms with Gasteiger partial charge in [-0.3, -0.25) is 4.98 Å². The third-order valence-corrected chi connectivity index (χ3v) is 8.47. The van der Waals surface area contributed by atoms with E-state index in [-0.39, 0.29) is 6.61 Å². The van der Waals surface area contributed by atoms with Gasteiger partial charge in [-0.1, -0.05) is 11.6 Å². The summed E-state index contributed by atoms with van der Waals surface area (Å²) < 4.78 is 49.6. The predicted octanol–water partition coefficient (Wildman–Crippen LogP) is 7.27. The van der Waals surface area contributed by atoms with Crippen LogP contribution in [-0.2, 0) is 12.8 Å². The van der Waals surface area contributed by atoms with Gasteiger partial charge in [-0.2, -0.15) is 13.2 Å². The summed E-state index contributed by atoms with van der Waals surface area (Å²) in [5.41, 5.74) is 1.18. The summed E-state index contributed by atoms with van der Waals surface area (Å²) in [6, 6.07) is 7.76. The van der Waals surface area contributed by atoms with Crippen molar-refractivity contribution in [1.82, 2.24) is 15.0 Å². The van der Waals surface area contributed by atoms with Gasteiger partial charge in [0, 0.05) is 17.7 Å². The Balaban J connectivity index is 1.19. The molecule has 2 aromatic heterocycles. The van der Waals surface area contributed by atoms with E-state index >= 15 is 0 Å². The molecule has 190 valence electrons. The summed E-state index contributed by atoms with van der Waals surface area (Å²) in [4.78, 5) is 12.1. The number of halogens is 4. The second-order valence-electron chi connectivity index (χ2n) is 10.4. The van der Waals surface area contributed by atoms with Crippen LogP contribution in [0.3, 0.4) is 0 Å². The molecule has 0 aliphatic heterocycles. The summed E-state index contributed by atoms with van der Waals surface area (Å²) in [6.07, 6.45) is 3.01. The van der Waals surface area contributed by atoms with Crippen LogP contribution in [0.2, 0.25) is 5.15 Å². The molecule has 4 bridgehead atoms. The van der Waals surface area contributed by atoms with Gasteiger partial charge in [-0.15, -0.1) is 0 Å². The van der Waals surface area contributed by atoms with Crippen LogP contribution in [0, 0.1) is 23.7 Å². The number of alkyl halides is 3. The first-order valence-electron chi connectivity index (χ1n) is 12.4. The van der Waals surface area contributed by atoms with Crippen molar-refractivity contribution in [1.29, 1.82) is 0 Å². The fraction of sp³-hybridized carbons (Fsp3) is 0.481. The number of nitrogens with zero attached hydrogens (tertiary/aromatic N) is 2. The zero-order valence-corrected chi connectivity index (χ0v) is 20.6. The molecule has 0 saturated heterocycles. The van der Waals surface area contributed by atoms with Crippen molar-refractivity contribution in [3.63, 3.8) is 0 Å². The van der Waals surface area contributed by atoms with Crippen molar-refractivity contribution in [2.24, 2.45) is 23.7 Å². The molecule has 9 heteroatoms. The van der Waals surface area contributed by atoms with E-state index in [0.717, 1.165) is 41.2 Å². The van der Waals surface area contributed by atoms with E-state index in [4.69, 9.17) is 26.1 Å². The smallest absolute Gasteiger partial charge is 0.417 e. The van der Waals surface area contributed by atoms with Crippen molar-refractivity contribution in [3.05, 3.63) is 58.8 Å². The van der Waals surface area contributed by atoms with Crippen LogP contribution in [0.15, 0.2) is 36.5 Å². The van der Waals surface area contributed by atoms with Gasteiger partial charge in [0.2, 0.25) is 0 Å². The molecular formula is C27H27ClF3N3O2. The van der Waals surface area contributed by atoms with E-state index in [9.17, 15) is 13.2 Å². The number of rotatable bonds is 6. The molecule has 1 N–H and O–H groups in total. The van der Waals surface area contributed by atoms with Gasteiger partial charge in [-0.05, 0) is 86.1 Å². The summed E-state index contributed by atoms with van der Waals surface area (Å²) in [7, 11) is 1.54. The molecule has 4 saturated carbocycles. The van der Waals surface area contributed by atoms with Crippen LogP contribution in [-0.4, -0.2) is 22.1 Å². The first kappa shape index (κ1) is 23.6. The second-order valence-corrected chi connectivity index (χ2v) is 10.8. The Labute approximate surface area is 212 Å². The maximum Gasteiger partial charge on any atom is 0.417 e. The summed E-state index contributed by atoms with van der Waals surface area (Å²) in [6.45, 7) is 0.00918. The fourth-order valence-electron chi connectivity index (χ4n) is 6.86. The van der Waals surface area contributed by atoms with Gasteiger partial charge < -0.3 is 14.5 Å². The molecule has 0 spiro atoms. The molecule has 2 heterocycles. The van der Waals surface area contributed by atoms with Crippen molar-refractivity contribution in [2.45, 2.75) is 50.8 Å². The van der Waals surface area contributed by atoms with Crippen molar-refractivity contribution < 1.29 is 22.6 Å². The zero-order valence-electron chi connectivity index (χ0n) is 19.8. The molecule has 7 rings (SSSR count). The lowest BCUT2D eigenvalue weighted by atomic mass is 9.52. The molecule has 4 aliphatic carbocycles. The van der Waals surface area contributed by atoms with Gasteiger partial charge in [0.25, 0.3) is 0 Å². The minimum atomic E-state index is -4.42. The first-order valence-corrected chi connectivity index (χ1v) is 12.7. The normalized spacial score (nSPS) is 26.9. The number of pyridine rings is 1. The molecule has 4 fully saturated rings. The quantitative estimate of drug-likeness (QED) is 0.373. The number of ether oxygens (including phenoxy) is 2. The summed E-state index contributed by atoms with van der Waals surface area (Å²) in [5.74, 6) is 5.56. The van der Waals surface area contributed by atoms with E-state index in [0.29, 0.717) is 40.1 Å². The highest BCUT2D eigenvalue weighted by Gasteiger charge is 2.49. The third-order valence-electron chi connectivity index (χ3n) is 8.20. The van der Waals surface area contributed by atoms with Crippen LogP contribution in [0.5, 0.6) is 11.5 Å². The Bertz CT molecular complexity index is 1230. The number of aromatic nitrogens is 3. The molecule has 0 unspecified atom stereocenters. The Morgan fingerprint density at radius 1 is 1.00 bits per heavy atom. The van der Waals surface area contributed by atoms with E-state index in [2.05, 4.69) is 9.97 Å². The lowest BCUT2D eigenvalue weighted by Crippen LogP contribution is -2.44. The predicted molar refractivity (Wildman–Crippen MR) is 129 cm³/mol. The highest BCUT2D eigenvalue weighted by atomic mass is 35.5. The Morgan fingerprint density at radius 3 is 2.33 bits per heavy atom. The summed E-state index contributed by atoms with van der Waals surface area (Å²) in [5, 5.41) is 0.448. The lowest BCUT2D eigenvalue weighted by molar-refractivity contribution is -0.137. The first-order chi connectivity index (χ1) is 17.3. The number of methoxy groups -OCH3 is 1. The highest BCUT2D eigenvalue weighted by molar-refractivity contribution is 6.31. The Hall–Kier alpha value is -2.74. The molecule has 0 atom stereocenters. The van der Waals surface area contributed by atoms with Crippen molar-refractivity contribution in [3.8, 4) is 22.8 Å². The minimum Gasteiger partial charge on any atom is -0.493 e. The third kappa shape index (κ3) is 4.33. The van der Waals surface area contributed by atoms with E-state index < -0.39 is 11.7 Å². The Morgan fingerprint density at radius 2 is 1.72 bits per heavy atom. The van der Waals surface area contributed by atoms with Crippen LogP contribution in [0.1, 0.15) is 55.1 Å². The van der Waals surface area contributed by atoms with Gasteiger partial charge in [0.15, 0.2) is 16.7 Å². The maximum absolute atomic E-state index is 12.8. The molecule has 1 aromatic carbocycles. The number of benzene rings is 1. The molecule has 0 amide bonds. The second kappa shape index (κ2) is 8.98. The fourth-order valence-corrected chi connectivity index (χ4v) is 7.11. The van der Waals surface area contributed by atoms with E-state index in [1.807, 2.05) is 12.1 Å². The molecule has 0 radical (unpaired) electrons. The molecular weight excluding hydrogens is 491 g/mol. The number of nitrogens with one attached hydrogen (secondary N) is 1.